The molecule has 110 valence electrons. The molecule has 0 N–H and O–H groups in total. The van der Waals surface area contributed by atoms with E-state index in [0.717, 1.165) is 6.42 Å². The molecular weight excluding hydrogens is 276 g/mol. The maximum atomic E-state index is 13.5. The summed E-state index contributed by atoms with van der Waals surface area (Å²) in [4.78, 5) is 9.44. The average molecular weight is 289 g/mol. The molecule has 0 spiro atoms. The average Bonchev–Trinajstić information content (AvgIpc) is 2.43. The van der Waals surface area contributed by atoms with E-state index in [9.17, 15) is 18.9 Å². The first-order valence-electron chi connectivity index (χ1n) is 6.07. The normalized spacial score (nSPS) is 16.1. The van der Waals surface area contributed by atoms with E-state index < -0.39 is 28.5 Å². The Morgan fingerprint density at radius 3 is 2.65 bits per heavy atom. The number of hydrogen-bond donors (Lipinski definition) is 0. The molecule has 2 rings (SSSR count). The quantitative estimate of drug-likeness (QED) is 0.615. The number of nitro benzene ring substituents is 1. The monoisotopic (exact) mass is 289 g/mol. The fraction of sp³-hybridized carbons (Fsp3) is 0.500. The highest BCUT2D eigenvalue weighted by atomic mass is 19.1. The zero-order valence-corrected chi connectivity index (χ0v) is 10.5. The molecule has 0 bridgehead atoms. The molecule has 1 aromatic carbocycles. The molecule has 1 aromatic rings. The van der Waals surface area contributed by atoms with Gasteiger partial charge in [0, 0.05) is 12.5 Å². The molecule has 8 heteroatoms. The highest BCUT2D eigenvalue weighted by Gasteiger charge is 2.20. The molecule has 20 heavy (non-hydrogen) atoms. The number of nitrogens with zero attached hydrogens (tertiary/aromatic N) is 1. The summed E-state index contributed by atoms with van der Waals surface area (Å²) in [5, 5.41) is 10.4. The fourth-order valence-corrected chi connectivity index (χ4v) is 1.74. The lowest BCUT2D eigenvalue weighted by molar-refractivity contribution is -0.387. The number of benzene rings is 1. The summed E-state index contributed by atoms with van der Waals surface area (Å²) in [7, 11) is 0. The van der Waals surface area contributed by atoms with Gasteiger partial charge < -0.3 is 14.2 Å². The van der Waals surface area contributed by atoms with Crippen LogP contribution < -0.4 is 4.74 Å². The summed E-state index contributed by atoms with van der Waals surface area (Å²) in [5.74, 6) is -2.50. The van der Waals surface area contributed by atoms with Crippen molar-refractivity contribution in [3.63, 3.8) is 0 Å². The van der Waals surface area contributed by atoms with Crippen LogP contribution in [0.2, 0.25) is 0 Å². The molecule has 1 fully saturated rings. The molecule has 0 atom stereocenters. The molecule has 6 nitrogen and oxygen atoms in total. The summed E-state index contributed by atoms with van der Waals surface area (Å²) in [6, 6.07) is 1.16. The van der Waals surface area contributed by atoms with Crippen LogP contribution in [0.25, 0.3) is 0 Å². The van der Waals surface area contributed by atoms with E-state index >= 15 is 0 Å². The molecule has 1 saturated heterocycles. The molecule has 1 aliphatic rings. The Labute approximate surface area is 113 Å². The smallest absolute Gasteiger partial charge is 0.307 e. The molecule has 0 aromatic heterocycles. The molecule has 0 saturated carbocycles. The van der Waals surface area contributed by atoms with E-state index in [2.05, 4.69) is 0 Å². The standard InChI is InChI=1S/C12H13F2NO5/c13-8-7-11(9(14)6-10(8)15(16)17)18-5-2-12-19-3-1-4-20-12/h6-7,12H,1-5H2. The summed E-state index contributed by atoms with van der Waals surface area (Å²) < 4.78 is 42.4. The highest BCUT2D eigenvalue weighted by Crippen LogP contribution is 2.26. The van der Waals surface area contributed by atoms with Gasteiger partial charge in [0.1, 0.15) is 0 Å². The first-order valence-corrected chi connectivity index (χ1v) is 6.07. The van der Waals surface area contributed by atoms with Gasteiger partial charge in [0.05, 0.1) is 30.8 Å². The van der Waals surface area contributed by atoms with Crippen LogP contribution in [0, 0.1) is 21.7 Å². The number of halogens is 2. The second-order valence-electron chi connectivity index (χ2n) is 4.15. The van der Waals surface area contributed by atoms with Crippen molar-refractivity contribution in [3.05, 3.63) is 33.9 Å². The van der Waals surface area contributed by atoms with Gasteiger partial charge >= 0.3 is 5.69 Å². The topological polar surface area (TPSA) is 70.8 Å². The van der Waals surface area contributed by atoms with Crippen molar-refractivity contribution in [2.45, 2.75) is 19.1 Å². The third-order valence-corrected chi connectivity index (χ3v) is 2.71. The summed E-state index contributed by atoms with van der Waals surface area (Å²) >= 11 is 0. The molecule has 1 aliphatic heterocycles. The van der Waals surface area contributed by atoms with Gasteiger partial charge in [-0.1, -0.05) is 0 Å². The van der Waals surface area contributed by atoms with Gasteiger partial charge in [-0.05, 0) is 6.42 Å². The fourth-order valence-electron chi connectivity index (χ4n) is 1.74. The zero-order chi connectivity index (χ0) is 14.5. The number of ether oxygens (including phenoxy) is 3. The second kappa shape index (κ2) is 6.58. The van der Waals surface area contributed by atoms with Crippen molar-refractivity contribution in [1.29, 1.82) is 0 Å². The van der Waals surface area contributed by atoms with Crippen molar-refractivity contribution >= 4 is 5.69 Å². The van der Waals surface area contributed by atoms with E-state index in [4.69, 9.17) is 14.2 Å². The zero-order valence-electron chi connectivity index (χ0n) is 10.5. The summed E-state index contributed by atoms with van der Waals surface area (Å²) in [5.41, 5.74) is -0.922. The predicted molar refractivity (Wildman–Crippen MR) is 63.4 cm³/mol. The molecule has 0 radical (unpaired) electrons. The molecule has 1 heterocycles. The van der Waals surface area contributed by atoms with Gasteiger partial charge in [0.25, 0.3) is 0 Å². The number of rotatable bonds is 5. The first-order chi connectivity index (χ1) is 9.58. The summed E-state index contributed by atoms with van der Waals surface area (Å²) in [6.45, 7) is 1.23. The molecule has 0 unspecified atom stereocenters. The minimum atomic E-state index is -1.14. The third-order valence-electron chi connectivity index (χ3n) is 2.71. The maximum Gasteiger partial charge on any atom is 0.307 e. The van der Waals surface area contributed by atoms with Crippen molar-refractivity contribution in [2.75, 3.05) is 19.8 Å². The minimum absolute atomic E-state index is 0.0544. The van der Waals surface area contributed by atoms with Gasteiger partial charge in [0.2, 0.25) is 5.82 Å². The van der Waals surface area contributed by atoms with E-state index in [0.29, 0.717) is 31.8 Å². The Balaban J connectivity index is 1.92. The van der Waals surface area contributed by atoms with Gasteiger partial charge in [0.15, 0.2) is 17.9 Å². The Morgan fingerprint density at radius 2 is 2.00 bits per heavy atom. The Kier molecular flexibility index (Phi) is 4.80. The van der Waals surface area contributed by atoms with Crippen LogP contribution in [0.1, 0.15) is 12.8 Å². The van der Waals surface area contributed by atoms with Crippen molar-refractivity contribution < 1.29 is 27.9 Å². The maximum absolute atomic E-state index is 13.5. The van der Waals surface area contributed by atoms with Crippen LogP contribution in [0.4, 0.5) is 14.5 Å². The number of nitro groups is 1. The van der Waals surface area contributed by atoms with Gasteiger partial charge in [-0.2, -0.15) is 4.39 Å². The lowest BCUT2D eigenvalue weighted by Gasteiger charge is -2.23. The van der Waals surface area contributed by atoms with Gasteiger partial charge in [-0.25, -0.2) is 4.39 Å². The van der Waals surface area contributed by atoms with Crippen molar-refractivity contribution in [3.8, 4) is 5.75 Å². The van der Waals surface area contributed by atoms with Crippen LogP contribution in [-0.4, -0.2) is 31.0 Å². The minimum Gasteiger partial charge on any atom is -0.490 e. The third kappa shape index (κ3) is 3.61. The van der Waals surface area contributed by atoms with Crippen LogP contribution >= 0.6 is 0 Å². The van der Waals surface area contributed by atoms with E-state index in [1.54, 1.807) is 0 Å². The lowest BCUT2D eigenvalue weighted by Crippen LogP contribution is -2.26. The largest absolute Gasteiger partial charge is 0.490 e. The van der Waals surface area contributed by atoms with Crippen molar-refractivity contribution in [1.82, 2.24) is 0 Å². The summed E-state index contributed by atoms with van der Waals surface area (Å²) in [6.07, 6.45) is 0.757. The molecular formula is C12H13F2NO5. The molecule has 0 aliphatic carbocycles. The first kappa shape index (κ1) is 14.6. The molecule has 0 amide bonds. The lowest BCUT2D eigenvalue weighted by atomic mass is 10.3. The highest BCUT2D eigenvalue weighted by molar-refractivity contribution is 5.39. The van der Waals surface area contributed by atoms with Gasteiger partial charge in [-0.3, -0.25) is 10.1 Å². The SMILES string of the molecule is O=[N+]([O-])c1cc(F)c(OCCC2OCCCO2)cc1F. The van der Waals surface area contributed by atoms with E-state index in [1.165, 1.54) is 0 Å². The van der Waals surface area contributed by atoms with Crippen LogP contribution in [0.3, 0.4) is 0 Å². The van der Waals surface area contributed by atoms with Gasteiger partial charge in [-0.15, -0.1) is 0 Å². The van der Waals surface area contributed by atoms with E-state index in [-0.39, 0.29) is 12.4 Å². The van der Waals surface area contributed by atoms with Crippen LogP contribution in [0.5, 0.6) is 5.75 Å². The van der Waals surface area contributed by atoms with Crippen molar-refractivity contribution in [2.24, 2.45) is 0 Å². The Hall–Kier alpha value is -1.80. The Morgan fingerprint density at radius 1 is 1.30 bits per heavy atom. The van der Waals surface area contributed by atoms with Crippen LogP contribution in [0.15, 0.2) is 12.1 Å². The number of hydrogen-bond acceptors (Lipinski definition) is 5. The van der Waals surface area contributed by atoms with E-state index in [1.807, 2.05) is 0 Å². The second-order valence-corrected chi connectivity index (χ2v) is 4.15. The van der Waals surface area contributed by atoms with Crippen LogP contribution in [-0.2, 0) is 9.47 Å². The Bertz CT molecular complexity index is 491. The predicted octanol–water partition coefficient (Wildman–Crippen LogP) is 2.40.